The molecular weight excluding hydrogens is 344 g/mol. The van der Waals surface area contributed by atoms with Gasteiger partial charge in [0.1, 0.15) is 0 Å². The summed E-state index contributed by atoms with van der Waals surface area (Å²) in [6.07, 6.45) is 2.33. The number of hydrogen-bond donors (Lipinski definition) is 1. The summed E-state index contributed by atoms with van der Waals surface area (Å²) in [5.41, 5.74) is 4.11. The van der Waals surface area contributed by atoms with Gasteiger partial charge in [0.2, 0.25) is 0 Å². The van der Waals surface area contributed by atoms with Crippen LogP contribution in [0.15, 0.2) is 40.1 Å². The van der Waals surface area contributed by atoms with Gasteiger partial charge in [-0.3, -0.25) is 0 Å². The fraction of sp³-hybridized carbons (Fsp3) is 0.409. The van der Waals surface area contributed by atoms with Gasteiger partial charge in [-0.1, -0.05) is 57.3 Å². The first-order chi connectivity index (χ1) is 12.0. The van der Waals surface area contributed by atoms with E-state index in [1.807, 2.05) is 0 Å². The number of carboxylic acids is 1. The van der Waals surface area contributed by atoms with Crippen molar-refractivity contribution in [2.75, 3.05) is 0 Å². The summed E-state index contributed by atoms with van der Waals surface area (Å²) in [7, 11) is 0. The molecule has 0 saturated carbocycles. The zero-order valence-corrected chi connectivity index (χ0v) is 16.8. The maximum Gasteiger partial charge on any atom is 0.335 e. The van der Waals surface area contributed by atoms with Gasteiger partial charge in [-0.05, 0) is 65.5 Å². The van der Waals surface area contributed by atoms with Crippen molar-refractivity contribution in [2.45, 2.75) is 68.1 Å². The minimum atomic E-state index is -1.18. The summed E-state index contributed by atoms with van der Waals surface area (Å²) in [5, 5.41) is 21.0. The number of hydrogen-bond acceptors (Lipinski definition) is 3. The zero-order chi connectivity index (χ0) is 19.3. The van der Waals surface area contributed by atoms with Crippen LogP contribution < -0.4 is 5.11 Å². The van der Waals surface area contributed by atoms with Crippen LogP contribution in [0, 0.1) is 6.92 Å². The molecule has 1 N–H and O–H groups in total. The van der Waals surface area contributed by atoms with E-state index >= 15 is 0 Å². The minimum Gasteiger partial charge on any atom is -0.872 e. The van der Waals surface area contributed by atoms with Crippen LogP contribution in [0.25, 0.3) is 0 Å². The number of rotatable bonds is 3. The molecule has 0 heterocycles. The number of aryl methyl sites for hydroxylation is 1. The molecule has 3 nitrogen and oxygen atoms in total. The monoisotopic (exact) mass is 369 g/mol. The predicted molar refractivity (Wildman–Crippen MR) is 103 cm³/mol. The van der Waals surface area contributed by atoms with Crippen LogP contribution in [0.1, 0.15) is 67.6 Å². The van der Waals surface area contributed by atoms with Gasteiger partial charge >= 0.3 is 5.97 Å². The molecule has 3 rings (SSSR count). The first-order valence-corrected chi connectivity index (χ1v) is 9.71. The molecule has 2 aromatic rings. The van der Waals surface area contributed by atoms with E-state index in [2.05, 4.69) is 46.8 Å². The van der Waals surface area contributed by atoms with Crippen LogP contribution in [0.2, 0.25) is 0 Å². The van der Waals surface area contributed by atoms with Crippen LogP contribution in [0.4, 0.5) is 0 Å². The highest BCUT2D eigenvalue weighted by atomic mass is 32.2. The Balaban J connectivity index is 2.02. The van der Waals surface area contributed by atoms with Crippen LogP contribution in [0.3, 0.4) is 0 Å². The van der Waals surface area contributed by atoms with Gasteiger partial charge in [0.05, 0.1) is 5.56 Å². The molecule has 0 aliphatic heterocycles. The Morgan fingerprint density at radius 2 is 1.62 bits per heavy atom. The second-order valence-corrected chi connectivity index (χ2v) is 9.61. The van der Waals surface area contributed by atoms with E-state index in [0.29, 0.717) is 0 Å². The minimum absolute atomic E-state index is 0.130. The number of benzene rings is 2. The van der Waals surface area contributed by atoms with Crippen molar-refractivity contribution in [1.82, 2.24) is 0 Å². The lowest BCUT2D eigenvalue weighted by Gasteiger charge is -2.42. The third-order valence-corrected chi connectivity index (χ3v) is 6.71. The molecule has 26 heavy (non-hydrogen) atoms. The van der Waals surface area contributed by atoms with E-state index in [1.165, 1.54) is 47.0 Å². The molecule has 0 aromatic heterocycles. The van der Waals surface area contributed by atoms with Gasteiger partial charge in [0, 0.05) is 9.79 Å². The number of aromatic carboxylic acids is 1. The summed E-state index contributed by atoms with van der Waals surface area (Å²) in [6, 6.07) is 9.09. The molecule has 1 aliphatic rings. The molecule has 0 atom stereocenters. The normalized spacial score (nSPS) is 17.6. The Labute approximate surface area is 159 Å². The van der Waals surface area contributed by atoms with E-state index in [9.17, 15) is 9.90 Å². The summed E-state index contributed by atoms with van der Waals surface area (Å²) in [6.45, 7) is 11.3. The Morgan fingerprint density at radius 1 is 1.04 bits per heavy atom. The highest BCUT2D eigenvalue weighted by molar-refractivity contribution is 7.99. The van der Waals surface area contributed by atoms with Crippen molar-refractivity contribution in [3.63, 3.8) is 0 Å². The highest BCUT2D eigenvalue weighted by Gasteiger charge is 2.37. The van der Waals surface area contributed by atoms with Gasteiger partial charge in [0.15, 0.2) is 0 Å². The van der Waals surface area contributed by atoms with Crippen molar-refractivity contribution in [2.24, 2.45) is 0 Å². The van der Waals surface area contributed by atoms with Crippen LogP contribution in [-0.2, 0) is 10.8 Å². The molecule has 0 unspecified atom stereocenters. The summed E-state index contributed by atoms with van der Waals surface area (Å²) in [4.78, 5) is 12.9. The van der Waals surface area contributed by atoms with E-state index in [0.717, 1.165) is 16.2 Å². The molecular formula is C22H25O3S-. The van der Waals surface area contributed by atoms with Crippen molar-refractivity contribution >= 4 is 17.7 Å². The second-order valence-electron chi connectivity index (χ2n) is 8.50. The molecule has 4 heteroatoms. The summed E-state index contributed by atoms with van der Waals surface area (Å²) in [5.74, 6) is -1.62. The highest BCUT2D eigenvalue weighted by Crippen LogP contribution is 2.48. The van der Waals surface area contributed by atoms with Crippen LogP contribution in [-0.4, -0.2) is 11.1 Å². The van der Waals surface area contributed by atoms with Gasteiger partial charge in [-0.15, -0.1) is 0 Å². The topological polar surface area (TPSA) is 60.4 Å². The molecule has 0 radical (unpaired) electrons. The molecule has 0 fully saturated rings. The first kappa shape index (κ1) is 18.8. The third kappa shape index (κ3) is 3.35. The maximum absolute atomic E-state index is 12.0. The molecule has 0 bridgehead atoms. The average molecular weight is 370 g/mol. The van der Waals surface area contributed by atoms with Crippen LogP contribution >= 0.6 is 11.8 Å². The first-order valence-electron chi connectivity index (χ1n) is 8.89. The van der Waals surface area contributed by atoms with Gasteiger partial charge in [0.25, 0.3) is 0 Å². The molecule has 0 saturated heterocycles. The SMILES string of the molecule is Cc1cc2c(cc1Sc1ccc(C(=O)O)c([O-])c1)C(C)(C)CCC2(C)C. The fourth-order valence-electron chi connectivity index (χ4n) is 3.68. The Bertz CT molecular complexity index is 881. The Hall–Kier alpha value is -1.94. The van der Waals surface area contributed by atoms with Gasteiger partial charge < -0.3 is 10.2 Å². The number of carboxylic acid groups (broad SMARTS) is 1. The number of fused-ring (bicyclic) bond motifs is 1. The molecule has 2 aromatic carbocycles. The van der Waals surface area contributed by atoms with Crippen LogP contribution in [0.5, 0.6) is 5.75 Å². The lowest BCUT2D eigenvalue weighted by atomic mass is 9.63. The van der Waals surface area contributed by atoms with E-state index in [1.54, 1.807) is 6.07 Å². The van der Waals surface area contributed by atoms with Crippen molar-refractivity contribution in [1.29, 1.82) is 0 Å². The lowest BCUT2D eigenvalue weighted by Crippen LogP contribution is -2.34. The average Bonchev–Trinajstić information content (AvgIpc) is 2.53. The summed E-state index contributed by atoms with van der Waals surface area (Å²) < 4.78 is 0. The quantitative estimate of drug-likeness (QED) is 0.801. The van der Waals surface area contributed by atoms with Gasteiger partial charge in [-0.25, -0.2) is 4.79 Å². The van der Waals surface area contributed by atoms with E-state index in [-0.39, 0.29) is 16.4 Å². The molecule has 138 valence electrons. The predicted octanol–water partition coefficient (Wildman–Crippen LogP) is 5.27. The second kappa shape index (κ2) is 6.34. The Kier molecular flexibility index (Phi) is 4.60. The Morgan fingerprint density at radius 3 is 2.15 bits per heavy atom. The van der Waals surface area contributed by atoms with E-state index in [4.69, 9.17) is 5.11 Å². The zero-order valence-electron chi connectivity index (χ0n) is 16.0. The largest absolute Gasteiger partial charge is 0.872 e. The summed E-state index contributed by atoms with van der Waals surface area (Å²) >= 11 is 1.53. The third-order valence-electron chi connectivity index (χ3n) is 5.56. The van der Waals surface area contributed by atoms with Crippen molar-refractivity contribution in [3.8, 4) is 5.75 Å². The molecule has 1 aliphatic carbocycles. The lowest BCUT2D eigenvalue weighted by molar-refractivity contribution is -0.269. The fourth-order valence-corrected chi connectivity index (χ4v) is 4.63. The standard InChI is InChI=1S/C22H26O3S/c1-13-10-16-17(22(4,5)9-8-21(16,2)3)12-19(13)26-14-6-7-15(20(24)25)18(23)11-14/h6-7,10-12,23H,8-9H2,1-5H3,(H,24,25)/p-1. The van der Waals surface area contributed by atoms with Crippen molar-refractivity contribution in [3.05, 3.63) is 52.6 Å². The number of carbonyl (C=O) groups is 1. The molecule has 0 amide bonds. The maximum atomic E-state index is 12.0. The smallest absolute Gasteiger partial charge is 0.335 e. The van der Waals surface area contributed by atoms with Gasteiger partial charge in [-0.2, -0.15) is 0 Å². The molecule has 0 spiro atoms. The van der Waals surface area contributed by atoms with Crippen molar-refractivity contribution < 1.29 is 15.0 Å². The van der Waals surface area contributed by atoms with E-state index < -0.39 is 11.7 Å².